The second kappa shape index (κ2) is 6.69. The molecule has 26 heavy (non-hydrogen) atoms. The van der Waals surface area contributed by atoms with Crippen molar-refractivity contribution in [2.24, 2.45) is 5.92 Å². The van der Waals surface area contributed by atoms with Gasteiger partial charge < -0.3 is 25.6 Å². The number of thiazole rings is 1. The lowest BCUT2D eigenvalue weighted by Gasteiger charge is -2.28. The highest BCUT2D eigenvalue weighted by atomic mass is 32.1. The number of nitrogen functional groups attached to an aromatic ring is 1. The van der Waals surface area contributed by atoms with Crippen LogP contribution in [0.25, 0.3) is 0 Å². The fraction of sp³-hybridized carbons (Fsp3) is 0.500. The van der Waals surface area contributed by atoms with Gasteiger partial charge in [0.15, 0.2) is 5.13 Å². The van der Waals surface area contributed by atoms with Crippen LogP contribution < -0.4 is 11.1 Å². The Morgan fingerprint density at radius 3 is 3.04 bits per heavy atom. The SMILES string of the molecule is Nc1nc(C(=O)N[C@@H]2C[C@H](C(=O)N3CCc4nocc4C3)C[C@H]2O)cs1. The summed E-state index contributed by atoms with van der Waals surface area (Å²) in [5.74, 6) is -0.718. The number of aliphatic hydroxyl groups excluding tert-OH is 1. The molecule has 1 fully saturated rings. The number of anilines is 1. The van der Waals surface area contributed by atoms with Crippen molar-refractivity contribution < 1.29 is 19.2 Å². The van der Waals surface area contributed by atoms with E-state index in [1.807, 2.05) is 0 Å². The van der Waals surface area contributed by atoms with Gasteiger partial charge >= 0.3 is 0 Å². The largest absolute Gasteiger partial charge is 0.391 e. The quantitative estimate of drug-likeness (QED) is 0.694. The van der Waals surface area contributed by atoms with Crippen molar-refractivity contribution in [2.75, 3.05) is 12.3 Å². The zero-order chi connectivity index (χ0) is 18.3. The number of carbonyl (C=O) groups excluding carboxylic acids is 2. The molecule has 3 atom stereocenters. The minimum absolute atomic E-state index is 0.00875. The van der Waals surface area contributed by atoms with Gasteiger partial charge in [-0.3, -0.25) is 9.59 Å². The molecule has 2 amide bonds. The highest BCUT2D eigenvalue weighted by Crippen LogP contribution is 2.30. The average molecular weight is 377 g/mol. The van der Waals surface area contributed by atoms with E-state index < -0.39 is 12.1 Å². The first-order chi connectivity index (χ1) is 12.5. The molecule has 0 saturated heterocycles. The van der Waals surface area contributed by atoms with Crippen LogP contribution in [0.2, 0.25) is 0 Å². The summed E-state index contributed by atoms with van der Waals surface area (Å²) in [7, 11) is 0. The van der Waals surface area contributed by atoms with Crippen molar-refractivity contribution in [3.05, 3.63) is 28.6 Å². The zero-order valence-electron chi connectivity index (χ0n) is 13.9. The van der Waals surface area contributed by atoms with Crippen molar-refractivity contribution in [3.8, 4) is 0 Å². The van der Waals surface area contributed by atoms with Gasteiger partial charge in [-0.2, -0.15) is 0 Å². The number of hydrogen-bond acceptors (Lipinski definition) is 8. The number of nitrogens with zero attached hydrogens (tertiary/aromatic N) is 3. The zero-order valence-corrected chi connectivity index (χ0v) is 14.7. The maximum absolute atomic E-state index is 12.8. The molecule has 0 radical (unpaired) electrons. The maximum Gasteiger partial charge on any atom is 0.271 e. The minimum atomic E-state index is -0.764. The Hall–Kier alpha value is -2.46. The molecular weight excluding hydrogens is 358 g/mol. The van der Waals surface area contributed by atoms with Gasteiger partial charge in [0.1, 0.15) is 12.0 Å². The van der Waals surface area contributed by atoms with E-state index in [9.17, 15) is 14.7 Å². The number of nitrogens with two attached hydrogens (primary N) is 1. The van der Waals surface area contributed by atoms with E-state index >= 15 is 0 Å². The van der Waals surface area contributed by atoms with Crippen molar-refractivity contribution in [2.45, 2.75) is 38.0 Å². The summed E-state index contributed by atoms with van der Waals surface area (Å²) in [5.41, 5.74) is 7.59. The Kier molecular flexibility index (Phi) is 4.37. The van der Waals surface area contributed by atoms with E-state index in [2.05, 4.69) is 15.5 Å². The third kappa shape index (κ3) is 3.17. The minimum Gasteiger partial charge on any atom is -0.391 e. The highest BCUT2D eigenvalue weighted by molar-refractivity contribution is 7.13. The maximum atomic E-state index is 12.8. The van der Waals surface area contributed by atoms with Gasteiger partial charge in [-0.05, 0) is 12.8 Å². The van der Waals surface area contributed by atoms with Gasteiger partial charge in [0.25, 0.3) is 5.91 Å². The van der Waals surface area contributed by atoms with Gasteiger partial charge in [0.2, 0.25) is 5.91 Å². The topological polar surface area (TPSA) is 135 Å². The standard InChI is InChI=1S/C16H19N5O4S/c17-16-19-12(7-26-16)14(23)18-11-3-8(4-13(11)22)15(24)21-2-1-10-9(5-21)6-25-20-10/h6-8,11,13,22H,1-5H2,(H2,17,19)(H,18,23)/t8-,11+,13+/m0/s1. The molecule has 10 heteroatoms. The Labute approximate surface area is 153 Å². The molecule has 1 saturated carbocycles. The fourth-order valence-corrected chi connectivity index (χ4v) is 4.14. The van der Waals surface area contributed by atoms with E-state index in [-0.39, 0.29) is 23.4 Å². The first kappa shape index (κ1) is 17.0. The van der Waals surface area contributed by atoms with Crippen LogP contribution in [0.1, 0.15) is 34.6 Å². The molecule has 0 unspecified atom stereocenters. The van der Waals surface area contributed by atoms with Crippen LogP contribution in [-0.2, 0) is 17.8 Å². The number of fused-ring (bicyclic) bond motifs is 1. The molecule has 9 nitrogen and oxygen atoms in total. The summed E-state index contributed by atoms with van der Waals surface area (Å²) in [6.07, 6.45) is 2.20. The summed E-state index contributed by atoms with van der Waals surface area (Å²) in [6, 6.07) is -0.477. The number of hydrogen-bond donors (Lipinski definition) is 3. The van der Waals surface area contributed by atoms with Crippen molar-refractivity contribution in [1.82, 2.24) is 20.4 Å². The van der Waals surface area contributed by atoms with Gasteiger partial charge in [0.05, 0.1) is 24.4 Å². The molecule has 0 bridgehead atoms. The monoisotopic (exact) mass is 377 g/mol. The molecule has 0 spiro atoms. The smallest absolute Gasteiger partial charge is 0.271 e. The molecule has 0 aromatic carbocycles. The van der Waals surface area contributed by atoms with Crippen molar-refractivity contribution in [3.63, 3.8) is 0 Å². The summed E-state index contributed by atoms with van der Waals surface area (Å²) in [4.78, 5) is 30.7. The molecule has 2 aromatic heterocycles. The Bertz CT molecular complexity index is 834. The van der Waals surface area contributed by atoms with Crippen LogP contribution in [0.3, 0.4) is 0 Å². The third-order valence-electron chi connectivity index (χ3n) is 4.97. The van der Waals surface area contributed by atoms with Gasteiger partial charge in [0, 0.05) is 29.8 Å². The van der Waals surface area contributed by atoms with Crippen LogP contribution in [-0.4, -0.2) is 50.7 Å². The molecule has 3 heterocycles. The van der Waals surface area contributed by atoms with Crippen LogP contribution in [0.5, 0.6) is 0 Å². The Morgan fingerprint density at radius 2 is 2.27 bits per heavy atom. The Balaban J connectivity index is 1.37. The molecule has 4 rings (SSSR count). The number of aliphatic hydroxyl groups is 1. The molecule has 138 valence electrons. The first-order valence-corrected chi connectivity index (χ1v) is 9.30. The Morgan fingerprint density at radius 1 is 1.42 bits per heavy atom. The van der Waals surface area contributed by atoms with Gasteiger partial charge in [-0.25, -0.2) is 4.98 Å². The lowest BCUT2D eigenvalue weighted by atomic mass is 10.0. The van der Waals surface area contributed by atoms with Gasteiger partial charge in [-0.1, -0.05) is 5.16 Å². The molecule has 1 aliphatic carbocycles. The molecule has 4 N–H and O–H groups in total. The number of nitrogens with one attached hydrogen (secondary N) is 1. The van der Waals surface area contributed by atoms with E-state index in [1.54, 1.807) is 16.5 Å². The van der Waals surface area contributed by atoms with E-state index in [0.29, 0.717) is 37.5 Å². The molecular formula is C16H19N5O4S. The average Bonchev–Trinajstić information content (AvgIpc) is 3.34. The highest BCUT2D eigenvalue weighted by Gasteiger charge is 2.40. The number of rotatable bonds is 3. The van der Waals surface area contributed by atoms with Gasteiger partial charge in [-0.15, -0.1) is 11.3 Å². The summed E-state index contributed by atoms with van der Waals surface area (Å²) >= 11 is 1.18. The molecule has 2 aliphatic rings. The fourth-order valence-electron chi connectivity index (χ4n) is 3.59. The second-order valence-corrected chi connectivity index (χ2v) is 7.57. The van der Waals surface area contributed by atoms with Crippen molar-refractivity contribution in [1.29, 1.82) is 0 Å². The normalized spacial score (nSPS) is 25.1. The van der Waals surface area contributed by atoms with E-state index in [0.717, 1.165) is 11.3 Å². The molecule has 2 aromatic rings. The number of aromatic nitrogens is 2. The second-order valence-electron chi connectivity index (χ2n) is 6.68. The number of carbonyl (C=O) groups is 2. The van der Waals surface area contributed by atoms with Crippen LogP contribution in [0.15, 0.2) is 16.2 Å². The van der Waals surface area contributed by atoms with E-state index in [1.165, 1.54) is 11.3 Å². The van der Waals surface area contributed by atoms with Crippen LogP contribution in [0.4, 0.5) is 5.13 Å². The predicted octanol–water partition coefficient (Wildman–Crippen LogP) is 0.168. The lowest BCUT2D eigenvalue weighted by molar-refractivity contribution is -0.136. The van der Waals surface area contributed by atoms with Crippen LogP contribution >= 0.6 is 11.3 Å². The summed E-state index contributed by atoms with van der Waals surface area (Å²) in [5, 5.41) is 18.8. The lowest BCUT2D eigenvalue weighted by Crippen LogP contribution is -2.41. The predicted molar refractivity (Wildman–Crippen MR) is 92.1 cm³/mol. The third-order valence-corrected chi connectivity index (χ3v) is 5.64. The summed E-state index contributed by atoms with van der Waals surface area (Å²) in [6.45, 7) is 1.06. The molecule has 1 aliphatic heterocycles. The first-order valence-electron chi connectivity index (χ1n) is 8.42. The van der Waals surface area contributed by atoms with Crippen molar-refractivity contribution >= 4 is 28.3 Å². The van der Waals surface area contributed by atoms with Crippen LogP contribution in [0, 0.1) is 5.92 Å². The van der Waals surface area contributed by atoms with E-state index in [4.69, 9.17) is 10.3 Å². The number of amides is 2. The summed E-state index contributed by atoms with van der Waals surface area (Å²) < 4.78 is 4.95.